The van der Waals surface area contributed by atoms with Gasteiger partial charge >= 0.3 is 0 Å². The highest BCUT2D eigenvalue weighted by molar-refractivity contribution is 5.35. The van der Waals surface area contributed by atoms with E-state index in [-0.39, 0.29) is 45.7 Å². The van der Waals surface area contributed by atoms with Crippen LogP contribution in [0.5, 0.6) is 0 Å². The van der Waals surface area contributed by atoms with Crippen LogP contribution in [0.1, 0.15) is 106 Å². The lowest BCUT2D eigenvalue weighted by molar-refractivity contribution is -0.224. The Morgan fingerprint density at radius 2 is 1.52 bits per heavy atom. The molecular formula is C30H50O3. The van der Waals surface area contributed by atoms with E-state index < -0.39 is 6.10 Å². The van der Waals surface area contributed by atoms with Crippen molar-refractivity contribution < 1.29 is 15.3 Å². The van der Waals surface area contributed by atoms with Gasteiger partial charge in [0.25, 0.3) is 0 Å². The van der Waals surface area contributed by atoms with Gasteiger partial charge in [0.15, 0.2) is 0 Å². The molecule has 5 aliphatic carbocycles. The summed E-state index contributed by atoms with van der Waals surface area (Å²) < 4.78 is 0. The SMILES string of the molecule is CC1(CO)CC[C@]2(C)CC[C@]3(C)C(=C[C@H](O)[C@@H]4[C@@]5(C)CC[C@H](O)C(C)(C)C5CC[C@]43C)[C@@H]2C1. The quantitative estimate of drug-likeness (QED) is 0.415. The van der Waals surface area contributed by atoms with Crippen molar-refractivity contribution in [3.8, 4) is 0 Å². The Bertz CT molecular complexity index is 847. The molecule has 5 rings (SSSR count). The van der Waals surface area contributed by atoms with Gasteiger partial charge in [-0.15, -0.1) is 0 Å². The molecule has 10 atom stereocenters. The van der Waals surface area contributed by atoms with Crippen LogP contribution in [0.25, 0.3) is 0 Å². The monoisotopic (exact) mass is 458 g/mol. The van der Waals surface area contributed by atoms with E-state index in [0.29, 0.717) is 17.3 Å². The van der Waals surface area contributed by atoms with Crippen molar-refractivity contribution in [3.63, 3.8) is 0 Å². The number of aliphatic hydroxyl groups is 3. The number of fused-ring (bicyclic) bond motifs is 7. The fourth-order valence-corrected chi connectivity index (χ4v) is 10.7. The number of hydrogen-bond acceptors (Lipinski definition) is 3. The molecule has 3 N–H and O–H groups in total. The van der Waals surface area contributed by atoms with Crippen molar-refractivity contribution in [1.29, 1.82) is 0 Å². The van der Waals surface area contributed by atoms with Crippen molar-refractivity contribution in [3.05, 3.63) is 11.6 Å². The van der Waals surface area contributed by atoms with E-state index in [1.165, 1.54) is 24.8 Å². The highest BCUT2D eigenvalue weighted by Crippen LogP contribution is 2.75. The van der Waals surface area contributed by atoms with Crippen molar-refractivity contribution in [1.82, 2.24) is 0 Å². The molecule has 4 fully saturated rings. The van der Waals surface area contributed by atoms with Crippen LogP contribution in [0.15, 0.2) is 11.6 Å². The van der Waals surface area contributed by atoms with Crippen molar-refractivity contribution in [2.24, 2.45) is 50.2 Å². The summed E-state index contributed by atoms with van der Waals surface area (Å²) in [6.45, 7) is 17.1. The predicted octanol–water partition coefficient (Wildman–Crippen LogP) is 6.11. The minimum absolute atomic E-state index is 0.000849. The van der Waals surface area contributed by atoms with Crippen LogP contribution in [0.4, 0.5) is 0 Å². The molecule has 0 radical (unpaired) electrons. The number of rotatable bonds is 1. The van der Waals surface area contributed by atoms with Crippen LogP contribution in [-0.4, -0.2) is 34.1 Å². The highest BCUT2D eigenvalue weighted by Gasteiger charge is 2.69. The van der Waals surface area contributed by atoms with Gasteiger partial charge in [-0.05, 0) is 102 Å². The fourth-order valence-electron chi connectivity index (χ4n) is 10.7. The fraction of sp³-hybridized carbons (Fsp3) is 0.933. The zero-order chi connectivity index (χ0) is 24.2. The van der Waals surface area contributed by atoms with Crippen LogP contribution in [-0.2, 0) is 0 Å². The third-order valence-corrected chi connectivity index (χ3v) is 13.2. The molecule has 0 amide bonds. The molecule has 0 spiro atoms. The Balaban J connectivity index is 1.61. The minimum atomic E-state index is -0.415. The first-order valence-electron chi connectivity index (χ1n) is 13.9. The van der Waals surface area contributed by atoms with Crippen LogP contribution >= 0.6 is 0 Å². The maximum Gasteiger partial charge on any atom is 0.0762 e. The van der Waals surface area contributed by atoms with Gasteiger partial charge in [0, 0.05) is 12.5 Å². The van der Waals surface area contributed by atoms with Gasteiger partial charge in [-0.25, -0.2) is 0 Å². The summed E-state index contributed by atoms with van der Waals surface area (Å²) in [6.07, 6.45) is 11.6. The lowest BCUT2D eigenvalue weighted by atomic mass is 9.33. The Labute approximate surface area is 202 Å². The number of allylic oxidation sites excluding steroid dienone is 1. The first-order valence-corrected chi connectivity index (χ1v) is 13.9. The molecule has 188 valence electrons. The lowest BCUT2D eigenvalue weighted by Gasteiger charge is -2.72. The van der Waals surface area contributed by atoms with Gasteiger partial charge in [-0.2, -0.15) is 0 Å². The Morgan fingerprint density at radius 3 is 2.18 bits per heavy atom. The van der Waals surface area contributed by atoms with E-state index in [0.717, 1.165) is 38.5 Å². The largest absolute Gasteiger partial charge is 0.396 e. The molecule has 5 aliphatic rings. The molecule has 4 saturated carbocycles. The third-order valence-electron chi connectivity index (χ3n) is 13.2. The molecule has 0 bridgehead atoms. The zero-order valence-corrected chi connectivity index (χ0v) is 22.4. The van der Waals surface area contributed by atoms with E-state index in [1.807, 2.05) is 0 Å². The van der Waals surface area contributed by atoms with Gasteiger partial charge in [0.2, 0.25) is 0 Å². The summed E-state index contributed by atoms with van der Waals surface area (Å²) in [6, 6.07) is 0. The number of hydrogen-bond donors (Lipinski definition) is 3. The molecule has 0 saturated heterocycles. The Morgan fingerprint density at radius 1 is 0.848 bits per heavy atom. The van der Waals surface area contributed by atoms with Crippen molar-refractivity contribution in [2.45, 2.75) is 118 Å². The minimum Gasteiger partial charge on any atom is -0.396 e. The van der Waals surface area contributed by atoms with Gasteiger partial charge in [0.1, 0.15) is 0 Å². The van der Waals surface area contributed by atoms with E-state index in [4.69, 9.17) is 0 Å². The molecule has 0 aliphatic heterocycles. The summed E-state index contributed by atoms with van der Waals surface area (Å²) in [5.74, 6) is 1.15. The summed E-state index contributed by atoms with van der Waals surface area (Å²) >= 11 is 0. The molecule has 3 heteroatoms. The molecule has 0 aromatic carbocycles. The molecule has 33 heavy (non-hydrogen) atoms. The lowest BCUT2D eigenvalue weighted by Crippen LogP contribution is -2.67. The van der Waals surface area contributed by atoms with Crippen molar-refractivity contribution in [2.75, 3.05) is 6.61 Å². The van der Waals surface area contributed by atoms with E-state index in [2.05, 4.69) is 54.5 Å². The van der Waals surface area contributed by atoms with Gasteiger partial charge < -0.3 is 15.3 Å². The average molecular weight is 459 g/mol. The second-order valence-electron chi connectivity index (χ2n) is 15.2. The molecule has 0 heterocycles. The van der Waals surface area contributed by atoms with Crippen LogP contribution in [0.2, 0.25) is 0 Å². The molecule has 0 aromatic rings. The molecular weight excluding hydrogens is 408 g/mol. The van der Waals surface area contributed by atoms with Gasteiger partial charge in [-0.3, -0.25) is 0 Å². The first-order chi connectivity index (χ1) is 15.2. The molecule has 2 unspecified atom stereocenters. The number of aliphatic hydroxyl groups excluding tert-OH is 3. The van der Waals surface area contributed by atoms with Gasteiger partial charge in [-0.1, -0.05) is 60.1 Å². The van der Waals surface area contributed by atoms with Crippen LogP contribution in [0, 0.1) is 50.2 Å². The van der Waals surface area contributed by atoms with Crippen molar-refractivity contribution >= 4 is 0 Å². The summed E-state index contributed by atoms with van der Waals surface area (Å²) in [7, 11) is 0. The van der Waals surface area contributed by atoms with Crippen LogP contribution in [0.3, 0.4) is 0 Å². The average Bonchev–Trinajstić information content (AvgIpc) is 2.74. The standard InChI is InChI=1S/C30H50O3/c1-25(2)22-8-11-30(7)24(28(22,5)10-9-23(25)33)21(32)16-19-20-17-26(3,18-31)12-13-27(20,4)14-15-29(19,30)6/h16,20-24,31-33H,8-15,17-18H2,1-7H3/t20-,21-,22?,23-,24+,26?,27+,28-,29+,30+/m0/s1. The molecule has 3 nitrogen and oxygen atoms in total. The Kier molecular flexibility index (Phi) is 5.23. The summed E-state index contributed by atoms with van der Waals surface area (Å²) in [5.41, 5.74) is 1.93. The third kappa shape index (κ3) is 2.97. The van der Waals surface area contributed by atoms with E-state index in [1.54, 1.807) is 0 Å². The zero-order valence-electron chi connectivity index (χ0n) is 22.4. The summed E-state index contributed by atoms with van der Waals surface area (Å²) in [5, 5.41) is 33.0. The maximum absolute atomic E-state index is 11.9. The Hall–Kier alpha value is -0.380. The highest BCUT2D eigenvalue weighted by atomic mass is 16.3. The molecule has 0 aromatic heterocycles. The second-order valence-corrected chi connectivity index (χ2v) is 15.2. The van der Waals surface area contributed by atoms with Gasteiger partial charge in [0.05, 0.1) is 12.2 Å². The predicted molar refractivity (Wildman–Crippen MR) is 134 cm³/mol. The smallest absolute Gasteiger partial charge is 0.0762 e. The van der Waals surface area contributed by atoms with E-state index in [9.17, 15) is 15.3 Å². The van der Waals surface area contributed by atoms with Crippen LogP contribution < -0.4 is 0 Å². The first kappa shape index (κ1) is 24.3. The summed E-state index contributed by atoms with van der Waals surface area (Å²) in [4.78, 5) is 0. The second kappa shape index (κ2) is 7.10. The maximum atomic E-state index is 11.9. The topological polar surface area (TPSA) is 60.7 Å². The van der Waals surface area contributed by atoms with E-state index >= 15 is 0 Å². The normalized spacial score (nSPS) is 57.8.